The minimum absolute atomic E-state index is 0.0511. The van der Waals surface area contributed by atoms with Crippen molar-refractivity contribution in [1.29, 1.82) is 0 Å². The zero-order valence-corrected chi connectivity index (χ0v) is 13.3. The van der Waals surface area contributed by atoms with Gasteiger partial charge in [-0.05, 0) is 38.1 Å². The molecule has 122 valence electrons. The maximum absolute atomic E-state index is 12.0. The number of hydrogen-bond acceptors (Lipinski definition) is 4. The third-order valence-electron chi connectivity index (χ3n) is 2.58. The van der Waals surface area contributed by atoms with Crippen molar-refractivity contribution in [2.45, 2.75) is 36.6 Å². The maximum Gasteiger partial charge on any atom is 0.390 e. The van der Waals surface area contributed by atoms with Crippen LogP contribution in [0.5, 0.6) is 0 Å². The lowest BCUT2D eigenvalue weighted by Gasteiger charge is -2.07. The molecule has 0 unspecified atom stereocenters. The Morgan fingerprint density at radius 3 is 2.52 bits per heavy atom. The summed E-state index contributed by atoms with van der Waals surface area (Å²) in [5, 5.41) is 3.20. The van der Waals surface area contributed by atoms with Gasteiger partial charge >= 0.3 is 6.18 Å². The zero-order chi connectivity index (χ0) is 15.9. The molecule has 21 heavy (non-hydrogen) atoms. The van der Waals surface area contributed by atoms with Crippen LogP contribution in [0.4, 0.5) is 13.2 Å². The van der Waals surface area contributed by atoms with Gasteiger partial charge in [-0.15, -0.1) is 11.3 Å². The number of alkyl halides is 3. The maximum atomic E-state index is 12.0. The van der Waals surface area contributed by atoms with Crippen molar-refractivity contribution >= 4 is 21.4 Å². The normalized spacial score (nSPS) is 12.8. The molecule has 0 aliphatic carbocycles. The van der Waals surface area contributed by atoms with Gasteiger partial charge in [0.1, 0.15) is 4.21 Å². The predicted octanol–water partition coefficient (Wildman–Crippen LogP) is 2.52. The topological polar surface area (TPSA) is 58.2 Å². The highest BCUT2D eigenvalue weighted by Crippen LogP contribution is 2.23. The van der Waals surface area contributed by atoms with Crippen molar-refractivity contribution in [1.82, 2.24) is 10.0 Å². The summed E-state index contributed by atoms with van der Waals surface area (Å²) in [7, 11) is -3.85. The van der Waals surface area contributed by atoms with Crippen molar-refractivity contribution in [3.8, 4) is 0 Å². The van der Waals surface area contributed by atoms with E-state index < -0.39 is 29.2 Å². The predicted molar refractivity (Wildman–Crippen MR) is 77.0 cm³/mol. The standard InChI is InChI=1S/C12H19F3N2O2S2/c1-2-7-16-8-5-10-3-4-11(20-10)21(18,19)17-9-6-12(13,14)15/h3-4,16-17H,2,5-9H2,1H3. The van der Waals surface area contributed by atoms with E-state index in [0.717, 1.165) is 35.7 Å². The van der Waals surface area contributed by atoms with Gasteiger partial charge < -0.3 is 5.32 Å². The van der Waals surface area contributed by atoms with Crippen molar-refractivity contribution in [3.63, 3.8) is 0 Å². The average Bonchev–Trinajstić information content (AvgIpc) is 2.82. The largest absolute Gasteiger partial charge is 0.390 e. The summed E-state index contributed by atoms with van der Waals surface area (Å²) < 4.78 is 61.7. The molecule has 1 heterocycles. The molecular weight excluding hydrogens is 325 g/mol. The van der Waals surface area contributed by atoms with Crippen LogP contribution in [0.1, 0.15) is 24.6 Å². The molecule has 0 aromatic carbocycles. The van der Waals surface area contributed by atoms with Crippen LogP contribution in [-0.2, 0) is 16.4 Å². The molecule has 0 saturated heterocycles. The molecule has 4 nitrogen and oxygen atoms in total. The SMILES string of the molecule is CCCNCCc1ccc(S(=O)(=O)NCCC(F)(F)F)s1. The van der Waals surface area contributed by atoms with Crippen LogP contribution in [0.3, 0.4) is 0 Å². The van der Waals surface area contributed by atoms with E-state index in [9.17, 15) is 21.6 Å². The Morgan fingerprint density at radius 1 is 1.19 bits per heavy atom. The minimum Gasteiger partial charge on any atom is -0.316 e. The Labute approximate surface area is 126 Å². The Morgan fingerprint density at radius 2 is 1.90 bits per heavy atom. The summed E-state index contributed by atoms with van der Waals surface area (Å²) in [6, 6.07) is 3.12. The van der Waals surface area contributed by atoms with Crippen LogP contribution in [-0.4, -0.2) is 34.2 Å². The molecule has 0 amide bonds. The summed E-state index contributed by atoms with van der Waals surface area (Å²) in [5.41, 5.74) is 0. The Bertz CT molecular complexity index is 527. The Hall–Kier alpha value is -0.640. The van der Waals surface area contributed by atoms with E-state index in [-0.39, 0.29) is 4.21 Å². The molecule has 0 aliphatic heterocycles. The lowest BCUT2D eigenvalue weighted by atomic mass is 10.3. The molecule has 9 heteroatoms. The van der Waals surface area contributed by atoms with Gasteiger partial charge in [-0.3, -0.25) is 0 Å². The first-order chi connectivity index (χ1) is 9.74. The second-order valence-corrected chi connectivity index (χ2v) is 7.65. The second kappa shape index (κ2) is 8.11. The van der Waals surface area contributed by atoms with E-state index in [0.29, 0.717) is 6.42 Å². The molecule has 0 aliphatic rings. The number of nitrogens with one attached hydrogen (secondary N) is 2. The Kier molecular flexibility index (Phi) is 7.11. The van der Waals surface area contributed by atoms with Gasteiger partial charge in [0.2, 0.25) is 10.0 Å². The molecule has 0 saturated carbocycles. The quantitative estimate of drug-likeness (QED) is 0.677. The smallest absolute Gasteiger partial charge is 0.316 e. The molecule has 2 N–H and O–H groups in total. The number of thiophene rings is 1. The summed E-state index contributed by atoms with van der Waals surface area (Å²) in [5.74, 6) is 0. The first-order valence-corrected chi connectivity index (χ1v) is 8.90. The monoisotopic (exact) mass is 344 g/mol. The Balaban J connectivity index is 2.50. The number of hydrogen-bond donors (Lipinski definition) is 2. The summed E-state index contributed by atoms with van der Waals surface area (Å²) in [4.78, 5) is 0.884. The van der Waals surface area contributed by atoms with E-state index >= 15 is 0 Å². The summed E-state index contributed by atoms with van der Waals surface area (Å²) in [6.07, 6.45) is -3.82. The van der Waals surface area contributed by atoms with Crippen LogP contribution in [0.2, 0.25) is 0 Å². The lowest BCUT2D eigenvalue weighted by Crippen LogP contribution is -2.27. The van der Waals surface area contributed by atoms with Crippen molar-refractivity contribution < 1.29 is 21.6 Å². The van der Waals surface area contributed by atoms with Gasteiger partial charge in [0, 0.05) is 11.4 Å². The van der Waals surface area contributed by atoms with E-state index in [2.05, 4.69) is 12.2 Å². The fourth-order valence-corrected chi connectivity index (χ4v) is 3.98. The van der Waals surface area contributed by atoms with Crippen LogP contribution in [0.25, 0.3) is 0 Å². The van der Waals surface area contributed by atoms with E-state index in [4.69, 9.17) is 0 Å². The van der Waals surface area contributed by atoms with Gasteiger partial charge in [-0.1, -0.05) is 6.92 Å². The highest BCUT2D eigenvalue weighted by atomic mass is 32.2. The van der Waals surface area contributed by atoms with Crippen LogP contribution >= 0.6 is 11.3 Å². The van der Waals surface area contributed by atoms with Crippen LogP contribution < -0.4 is 10.0 Å². The highest BCUT2D eigenvalue weighted by Gasteiger charge is 2.27. The second-order valence-electron chi connectivity index (χ2n) is 4.48. The van der Waals surface area contributed by atoms with E-state index in [1.807, 2.05) is 4.72 Å². The van der Waals surface area contributed by atoms with E-state index in [1.54, 1.807) is 6.07 Å². The minimum atomic E-state index is -4.37. The summed E-state index contributed by atoms with van der Waals surface area (Å²) in [6.45, 7) is 3.05. The number of sulfonamides is 1. The third-order valence-corrected chi connectivity index (χ3v) is 5.68. The average molecular weight is 344 g/mol. The fourth-order valence-electron chi connectivity index (χ4n) is 1.55. The third kappa shape index (κ3) is 7.25. The zero-order valence-electron chi connectivity index (χ0n) is 11.7. The number of rotatable bonds is 9. The molecular formula is C12H19F3N2O2S2. The van der Waals surface area contributed by atoms with Gasteiger partial charge in [0.15, 0.2) is 0 Å². The van der Waals surface area contributed by atoms with Gasteiger partial charge in [-0.25, -0.2) is 13.1 Å². The molecule has 0 radical (unpaired) electrons. The summed E-state index contributed by atoms with van der Waals surface area (Å²) >= 11 is 1.08. The van der Waals surface area contributed by atoms with Crippen molar-refractivity contribution in [2.24, 2.45) is 0 Å². The van der Waals surface area contributed by atoms with Crippen LogP contribution in [0, 0.1) is 0 Å². The molecule has 0 spiro atoms. The molecule has 1 aromatic rings. The van der Waals surface area contributed by atoms with E-state index in [1.165, 1.54) is 6.07 Å². The molecule has 0 fully saturated rings. The lowest BCUT2D eigenvalue weighted by molar-refractivity contribution is -0.132. The molecule has 0 bridgehead atoms. The van der Waals surface area contributed by atoms with Gasteiger partial charge in [0.25, 0.3) is 0 Å². The fraction of sp³-hybridized carbons (Fsp3) is 0.667. The molecule has 0 atom stereocenters. The van der Waals surface area contributed by atoms with Gasteiger partial charge in [-0.2, -0.15) is 13.2 Å². The first kappa shape index (κ1) is 18.4. The molecule has 1 aromatic heterocycles. The van der Waals surface area contributed by atoms with Crippen LogP contribution in [0.15, 0.2) is 16.3 Å². The van der Waals surface area contributed by atoms with Gasteiger partial charge in [0.05, 0.1) is 6.42 Å². The first-order valence-electron chi connectivity index (χ1n) is 6.60. The highest BCUT2D eigenvalue weighted by molar-refractivity contribution is 7.91. The van der Waals surface area contributed by atoms with Crippen molar-refractivity contribution in [2.75, 3.05) is 19.6 Å². The number of halogens is 3. The molecule has 1 rings (SSSR count). The van der Waals surface area contributed by atoms with Crippen molar-refractivity contribution in [3.05, 3.63) is 17.0 Å².